The Morgan fingerprint density at radius 2 is 1.68 bits per heavy atom. The van der Waals surface area contributed by atoms with Crippen molar-refractivity contribution in [1.82, 2.24) is 0 Å². The average Bonchev–Trinajstić information content (AvgIpc) is 2.93. The largest absolute Gasteiger partial charge is 0.460 e. The average molecular weight is 300 g/mol. The third kappa shape index (κ3) is 2.10. The summed E-state index contributed by atoms with van der Waals surface area (Å²) in [5.74, 6) is -0.146. The number of ether oxygens (including phenoxy) is 2. The maximum Gasteiger partial charge on any atom is 0.346 e. The summed E-state index contributed by atoms with van der Waals surface area (Å²) < 4.78 is 12.1. The van der Waals surface area contributed by atoms with E-state index >= 15 is 0 Å². The Morgan fingerprint density at radius 3 is 2.36 bits per heavy atom. The van der Waals surface area contributed by atoms with Crippen LogP contribution in [0, 0.1) is 0 Å². The lowest BCUT2D eigenvalue weighted by Gasteiger charge is -2.24. The van der Waals surface area contributed by atoms with Crippen LogP contribution in [0.15, 0.2) is 30.3 Å². The van der Waals surface area contributed by atoms with Crippen LogP contribution in [0.1, 0.15) is 63.4 Å². The lowest BCUT2D eigenvalue weighted by Crippen LogP contribution is -2.36. The van der Waals surface area contributed by atoms with Crippen LogP contribution in [0.25, 0.3) is 0 Å². The molecule has 118 valence electrons. The van der Waals surface area contributed by atoms with Crippen LogP contribution in [0.3, 0.4) is 0 Å². The summed E-state index contributed by atoms with van der Waals surface area (Å²) >= 11 is 0. The molecule has 3 aliphatic rings. The Labute approximate surface area is 132 Å². The summed E-state index contributed by atoms with van der Waals surface area (Å²) in [5, 5.41) is 0. The topological polar surface area (TPSA) is 38.8 Å². The van der Waals surface area contributed by atoms with Gasteiger partial charge in [0.05, 0.1) is 0 Å². The number of rotatable bonds is 3. The van der Waals surface area contributed by atoms with Crippen LogP contribution in [-0.2, 0) is 19.9 Å². The number of epoxide rings is 1. The van der Waals surface area contributed by atoms with Crippen LogP contribution in [0.4, 0.5) is 0 Å². The van der Waals surface area contributed by atoms with Gasteiger partial charge in [-0.25, -0.2) is 4.79 Å². The normalized spacial score (nSPS) is 30.4. The Morgan fingerprint density at radius 1 is 1.00 bits per heavy atom. The molecule has 1 aromatic rings. The first-order valence-electron chi connectivity index (χ1n) is 8.74. The highest BCUT2D eigenvalue weighted by Crippen LogP contribution is 2.63. The van der Waals surface area contributed by atoms with Gasteiger partial charge >= 0.3 is 5.97 Å². The van der Waals surface area contributed by atoms with E-state index in [0.29, 0.717) is 0 Å². The summed E-state index contributed by atoms with van der Waals surface area (Å²) in [5.41, 5.74) is -0.167. The molecule has 0 radical (unpaired) electrons. The fourth-order valence-corrected chi connectivity index (χ4v) is 4.43. The van der Waals surface area contributed by atoms with E-state index < -0.39 is 5.60 Å². The predicted octanol–water partition coefficient (Wildman–Crippen LogP) is 4.10. The zero-order valence-corrected chi connectivity index (χ0v) is 13.1. The Kier molecular flexibility index (Phi) is 3.48. The molecule has 1 unspecified atom stereocenters. The van der Waals surface area contributed by atoms with Gasteiger partial charge in [0.2, 0.25) is 5.60 Å². The fourth-order valence-electron chi connectivity index (χ4n) is 4.43. The zero-order chi connectivity index (χ0) is 15.0. The molecular formula is C19H24O3. The first kappa shape index (κ1) is 14.3. The van der Waals surface area contributed by atoms with Crippen molar-refractivity contribution in [2.45, 2.75) is 75.1 Å². The number of carbonyl (C=O) groups is 1. The minimum absolute atomic E-state index is 0.0953. The van der Waals surface area contributed by atoms with Crippen LogP contribution in [0.2, 0.25) is 0 Å². The molecule has 1 atom stereocenters. The molecule has 0 aromatic heterocycles. The van der Waals surface area contributed by atoms with Gasteiger partial charge in [0.15, 0.2) is 0 Å². The molecule has 1 heterocycles. The van der Waals surface area contributed by atoms with Crippen molar-refractivity contribution in [1.29, 1.82) is 0 Å². The second-order valence-corrected chi connectivity index (χ2v) is 7.02. The molecule has 2 aliphatic carbocycles. The zero-order valence-electron chi connectivity index (χ0n) is 13.1. The minimum Gasteiger partial charge on any atom is -0.460 e. The standard InChI is InChI=1S/C19H24O3/c20-17(21-16-11-5-6-12-16)19(15-9-3-1-4-10-15)18(22-19)13-7-2-8-14-18/h1,3-4,9-10,16H,2,5-8,11-14H2. The molecule has 2 saturated carbocycles. The van der Waals surface area contributed by atoms with Crippen LogP contribution < -0.4 is 0 Å². The summed E-state index contributed by atoms with van der Waals surface area (Å²) in [6.07, 6.45) is 9.92. The van der Waals surface area contributed by atoms with Crippen molar-refractivity contribution in [2.24, 2.45) is 0 Å². The van der Waals surface area contributed by atoms with E-state index in [4.69, 9.17) is 9.47 Å². The number of benzene rings is 1. The monoisotopic (exact) mass is 300 g/mol. The Bertz CT molecular complexity index is 541. The summed E-state index contributed by atoms with van der Waals surface area (Å²) in [4.78, 5) is 13.0. The van der Waals surface area contributed by atoms with Gasteiger partial charge in [-0.2, -0.15) is 0 Å². The van der Waals surface area contributed by atoms with Crippen LogP contribution >= 0.6 is 0 Å². The maximum atomic E-state index is 13.0. The van der Waals surface area contributed by atoms with Gasteiger partial charge in [-0.15, -0.1) is 0 Å². The van der Waals surface area contributed by atoms with Crippen molar-refractivity contribution < 1.29 is 14.3 Å². The summed E-state index contributed by atoms with van der Waals surface area (Å²) in [6, 6.07) is 9.98. The molecule has 22 heavy (non-hydrogen) atoms. The SMILES string of the molecule is O=C(OC1CCCC1)C1(c2ccccc2)OC12CCCCC2. The quantitative estimate of drug-likeness (QED) is 0.623. The van der Waals surface area contributed by atoms with Crippen LogP contribution in [-0.4, -0.2) is 17.7 Å². The highest BCUT2D eigenvalue weighted by molar-refractivity contribution is 5.87. The number of hydrogen-bond acceptors (Lipinski definition) is 3. The van der Waals surface area contributed by atoms with E-state index in [9.17, 15) is 4.79 Å². The Balaban J connectivity index is 1.63. The number of hydrogen-bond donors (Lipinski definition) is 0. The van der Waals surface area contributed by atoms with E-state index in [1.165, 1.54) is 19.3 Å². The second-order valence-electron chi connectivity index (χ2n) is 7.02. The van der Waals surface area contributed by atoms with E-state index in [1.807, 2.05) is 30.3 Å². The van der Waals surface area contributed by atoms with E-state index in [0.717, 1.165) is 44.1 Å². The highest BCUT2D eigenvalue weighted by atomic mass is 16.7. The lowest BCUT2D eigenvalue weighted by molar-refractivity contribution is -0.155. The van der Waals surface area contributed by atoms with Crippen molar-refractivity contribution in [2.75, 3.05) is 0 Å². The van der Waals surface area contributed by atoms with Gasteiger partial charge in [0.25, 0.3) is 0 Å². The highest BCUT2D eigenvalue weighted by Gasteiger charge is 2.76. The summed E-state index contributed by atoms with van der Waals surface area (Å²) in [7, 11) is 0. The van der Waals surface area contributed by atoms with Crippen LogP contribution in [0.5, 0.6) is 0 Å². The Hall–Kier alpha value is -1.35. The van der Waals surface area contributed by atoms with E-state index in [1.54, 1.807) is 0 Å². The molecule has 3 fully saturated rings. The first-order chi connectivity index (χ1) is 10.8. The van der Waals surface area contributed by atoms with Gasteiger partial charge in [-0.3, -0.25) is 0 Å². The predicted molar refractivity (Wildman–Crippen MR) is 83.4 cm³/mol. The molecule has 1 spiro atoms. The third-order valence-electron chi connectivity index (χ3n) is 5.65. The molecular weight excluding hydrogens is 276 g/mol. The molecule has 1 aliphatic heterocycles. The molecule has 3 heteroatoms. The number of esters is 1. The molecule has 4 rings (SSSR count). The fraction of sp³-hybridized carbons (Fsp3) is 0.632. The minimum atomic E-state index is -0.836. The van der Waals surface area contributed by atoms with E-state index in [-0.39, 0.29) is 17.7 Å². The smallest absolute Gasteiger partial charge is 0.346 e. The molecule has 3 nitrogen and oxygen atoms in total. The van der Waals surface area contributed by atoms with Gasteiger partial charge in [-0.1, -0.05) is 49.6 Å². The van der Waals surface area contributed by atoms with Gasteiger partial charge < -0.3 is 9.47 Å². The second kappa shape index (κ2) is 5.38. The van der Waals surface area contributed by atoms with Gasteiger partial charge in [0, 0.05) is 0 Å². The van der Waals surface area contributed by atoms with Crippen molar-refractivity contribution in [3.63, 3.8) is 0 Å². The van der Waals surface area contributed by atoms with Gasteiger partial charge in [-0.05, 0) is 44.1 Å². The molecule has 0 bridgehead atoms. The lowest BCUT2D eigenvalue weighted by atomic mass is 9.77. The van der Waals surface area contributed by atoms with Crippen molar-refractivity contribution in [3.8, 4) is 0 Å². The first-order valence-corrected chi connectivity index (χ1v) is 8.74. The van der Waals surface area contributed by atoms with Gasteiger partial charge in [0.1, 0.15) is 11.7 Å². The van der Waals surface area contributed by atoms with E-state index in [2.05, 4.69) is 0 Å². The maximum absolute atomic E-state index is 13.0. The summed E-state index contributed by atoms with van der Waals surface area (Å²) in [6.45, 7) is 0. The van der Waals surface area contributed by atoms with Crippen molar-refractivity contribution in [3.05, 3.63) is 35.9 Å². The molecule has 1 aromatic carbocycles. The molecule has 0 amide bonds. The van der Waals surface area contributed by atoms with Crippen molar-refractivity contribution >= 4 is 5.97 Å². The number of carbonyl (C=O) groups excluding carboxylic acids is 1. The third-order valence-corrected chi connectivity index (χ3v) is 5.65. The molecule has 1 saturated heterocycles. The molecule has 0 N–H and O–H groups in total.